The molecule has 1 spiro atoms. The summed E-state index contributed by atoms with van der Waals surface area (Å²) in [6.07, 6.45) is 5.57. The Morgan fingerprint density at radius 1 is 1.25 bits per heavy atom. The molecule has 0 unspecified atom stereocenters. The van der Waals surface area contributed by atoms with E-state index in [-0.39, 0.29) is 0 Å². The van der Waals surface area contributed by atoms with E-state index in [0.717, 1.165) is 11.6 Å². The van der Waals surface area contributed by atoms with Crippen LogP contribution >= 0.6 is 23.4 Å². The van der Waals surface area contributed by atoms with Gasteiger partial charge in [-0.2, -0.15) is 0 Å². The monoisotopic (exact) mass is 253 g/mol. The third-order valence-electron chi connectivity index (χ3n) is 3.80. The van der Waals surface area contributed by atoms with Gasteiger partial charge in [0.2, 0.25) is 0 Å². The van der Waals surface area contributed by atoms with Crippen LogP contribution < -0.4 is 5.32 Å². The lowest BCUT2D eigenvalue weighted by Gasteiger charge is -2.26. The molecular formula is C13H16ClNS. The van der Waals surface area contributed by atoms with E-state index in [1.165, 1.54) is 42.0 Å². The normalized spacial score (nSPS) is 22.6. The minimum Gasteiger partial charge on any atom is -0.384 e. The maximum Gasteiger partial charge on any atom is 0.0479 e. The van der Waals surface area contributed by atoms with Crippen molar-refractivity contribution in [2.24, 2.45) is 5.41 Å². The summed E-state index contributed by atoms with van der Waals surface area (Å²) in [5.41, 5.74) is 1.80. The zero-order valence-electron chi connectivity index (χ0n) is 9.26. The number of nitrogens with one attached hydrogen (secondary N) is 1. The molecule has 0 bridgehead atoms. The van der Waals surface area contributed by atoms with E-state index in [4.69, 9.17) is 11.6 Å². The molecule has 1 aromatic rings. The van der Waals surface area contributed by atoms with Gasteiger partial charge in [0.05, 0.1) is 0 Å². The Morgan fingerprint density at radius 3 is 2.88 bits per heavy atom. The lowest BCUT2D eigenvalue weighted by Crippen LogP contribution is -2.27. The van der Waals surface area contributed by atoms with Gasteiger partial charge in [0.1, 0.15) is 0 Å². The van der Waals surface area contributed by atoms with E-state index in [0.29, 0.717) is 5.41 Å². The predicted molar refractivity (Wildman–Crippen MR) is 71.6 cm³/mol. The fourth-order valence-corrected chi connectivity index (χ4v) is 4.37. The first kappa shape index (κ1) is 10.8. The first-order valence-electron chi connectivity index (χ1n) is 5.94. The smallest absolute Gasteiger partial charge is 0.0479 e. The Morgan fingerprint density at radius 2 is 2.06 bits per heavy atom. The van der Waals surface area contributed by atoms with Crippen LogP contribution in [-0.4, -0.2) is 12.3 Å². The molecule has 16 heavy (non-hydrogen) atoms. The Hall–Kier alpha value is -0.340. The van der Waals surface area contributed by atoms with Gasteiger partial charge in [-0.3, -0.25) is 0 Å². The number of thioether (sulfide) groups is 1. The zero-order valence-corrected chi connectivity index (χ0v) is 10.8. The molecule has 1 saturated carbocycles. The Balaban J connectivity index is 1.86. The van der Waals surface area contributed by atoms with Gasteiger partial charge >= 0.3 is 0 Å². The summed E-state index contributed by atoms with van der Waals surface area (Å²) in [6.45, 7) is 1.13. The Labute approximate surface area is 106 Å². The standard InChI is InChI=1S/C13H16ClNS/c14-10-3-4-11-12(7-10)16-9-13(8-15-11)5-1-2-6-13/h3-4,7,15H,1-2,5-6,8-9H2. The van der Waals surface area contributed by atoms with Gasteiger partial charge in [-0.25, -0.2) is 0 Å². The second-order valence-corrected chi connectivity index (χ2v) is 6.44. The largest absolute Gasteiger partial charge is 0.384 e. The fourth-order valence-electron chi connectivity index (χ4n) is 2.77. The molecule has 1 N–H and O–H groups in total. The summed E-state index contributed by atoms with van der Waals surface area (Å²) < 4.78 is 0. The van der Waals surface area contributed by atoms with E-state index in [2.05, 4.69) is 17.4 Å². The van der Waals surface area contributed by atoms with Crippen LogP contribution in [0.15, 0.2) is 23.1 Å². The van der Waals surface area contributed by atoms with Crippen LogP contribution in [0, 0.1) is 5.41 Å². The number of anilines is 1. The molecule has 1 aliphatic carbocycles. The van der Waals surface area contributed by atoms with Gasteiger partial charge < -0.3 is 5.32 Å². The van der Waals surface area contributed by atoms with Crippen LogP contribution in [-0.2, 0) is 0 Å². The highest BCUT2D eigenvalue weighted by molar-refractivity contribution is 7.99. The first-order chi connectivity index (χ1) is 7.77. The average Bonchev–Trinajstić information content (AvgIpc) is 2.66. The summed E-state index contributed by atoms with van der Waals surface area (Å²) in [6, 6.07) is 6.17. The summed E-state index contributed by atoms with van der Waals surface area (Å²) in [5, 5.41) is 4.45. The van der Waals surface area contributed by atoms with Crippen molar-refractivity contribution in [2.75, 3.05) is 17.6 Å². The van der Waals surface area contributed by atoms with Crippen LogP contribution in [0.4, 0.5) is 5.69 Å². The molecule has 2 aliphatic rings. The molecule has 3 rings (SSSR count). The minimum absolute atomic E-state index is 0.538. The minimum atomic E-state index is 0.538. The highest BCUT2D eigenvalue weighted by atomic mass is 35.5. The zero-order chi connectivity index (χ0) is 11.0. The van der Waals surface area contributed by atoms with E-state index in [9.17, 15) is 0 Å². The van der Waals surface area contributed by atoms with Gasteiger partial charge in [0, 0.05) is 27.9 Å². The maximum atomic E-state index is 6.04. The third kappa shape index (κ3) is 1.93. The van der Waals surface area contributed by atoms with Crippen molar-refractivity contribution < 1.29 is 0 Å². The van der Waals surface area contributed by atoms with Crippen LogP contribution in [0.3, 0.4) is 0 Å². The first-order valence-corrected chi connectivity index (χ1v) is 7.30. The van der Waals surface area contributed by atoms with Crippen LogP contribution in [0.5, 0.6) is 0 Å². The Kier molecular flexibility index (Phi) is 2.80. The van der Waals surface area contributed by atoms with Crippen molar-refractivity contribution in [3.63, 3.8) is 0 Å². The van der Waals surface area contributed by atoms with E-state index < -0.39 is 0 Å². The molecule has 0 atom stereocenters. The van der Waals surface area contributed by atoms with Gasteiger partial charge in [-0.15, -0.1) is 11.8 Å². The number of fused-ring (bicyclic) bond motifs is 1. The second kappa shape index (κ2) is 4.15. The molecule has 1 aliphatic heterocycles. The molecule has 1 nitrogen and oxygen atoms in total. The van der Waals surface area contributed by atoms with E-state index in [1.807, 2.05) is 17.8 Å². The van der Waals surface area contributed by atoms with Crippen molar-refractivity contribution in [3.05, 3.63) is 23.2 Å². The number of halogens is 1. The molecule has 0 saturated heterocycles. The van der Waals surface area contributed by atoms with Crippen molar-refractivity contribution in [2.45, 2.75) is 30.6 Å². The molecule has 0 radical (unpaired) electrons. The highest BCUT2D eigenvalue weighted by Gasteiger charge is 2.35. The molecular weight excluding hydrogens is 238 g/mol. The molecule has 1 heterocycles. The van der Waals surface area contributed by atoms with Gasteiger partial charge in [-0.05, 0) is 36.5 Å². The van der Waals surface area contributed by atoms with Gasteiger partial charge in [-0.1, -0.05) is 24.4 Å². The molecule has 0 aromatic heterocycles. The van der Waals surface area contributed by atoms with Gasteiger partial charge in [0.25, 0.3) is 0 Å². The maximum absolute atomic E-state index is 6.04. The lowest BCUT2D eigenvalue weighted by molar-refractivity contribution is 0.373. The summed E-state index contributed by atoms with van der Waals surface area (Å²) in [4.78, 5) is 1.32. The quantitative estimate of drug-likeness (QED) is 0.735. The molecule has 86 valence electrons. The van der Waals surface area contributed by atoms with E-state index in [1.54, 1.807) is 0 Å². The third-order valence-corrected chi connectivity index (χ3v) is 5.44. The van der Waals surface area contributed by atoms with E-state index >= 15 is 0 Å². The van der Waals surface area contributed by atoms with Crippen molar-refractivity contribution >= 4 is 29.1 Å². The Bertz CT molecular complexity index is 399. The van der Waals surface area contributed by atoms with Gasteiger partial charge in [0.15, 0.2) is 0 Å². The number of benzene rings is 1. The molecule has 3 heteroatoms. The van der Waals surface area contributed by atoms with Crippen molar-refractivity contribution in [3.8, 4) is 0 Å². The van der Waals surface area contributed by atoms with Crippen LogP contribution in [0.25, 0.3) is 0 Å². The van der Waals surface area contributed by atoms with Crippen LogP contribution in [0.2, 0.25) is 5.02 Å². The molecule has 1 aromatic carbocycles. The highest BCUT2D eigenvalue weighted by Crippen LogP contribution is 2.46. The predicted octanol–water partition coefficient (Wildman–Crippen LogP) is 4.42. The summed E-state index contributed by atoms with van der Waals surface area (Å²) in [5.74, 6) is 1.24. The molecule has 1 fully saturated rings. The SMILES string of the molecule is Clc1ccc2c(c1)SCC1(CCCC1)CN2. The summed E-state index contributed by atoms with van der Waals surface area (Å²) in [7, 11) is 0. The summed E-state index contributed by atoms with van der Waals surface area (Å²) >= 11 is 8.01. The fraction of sp³-hybridized carbons (Fsp3) is 0.538. The second-order valence-electron chi connectivity index (χ2n) is 4.99. The van der Waals surface area contributed by atoms with Crippen molar-refractivity contribution in [1.82, 2.24) is 0 Å². The lowest BCUT2D eigenvalue weighted by atomic mass is 9.88. The molecule has 0 amide bonds. The van der Waals surface area contributed by atoms with Crippen molar-refractivity contribution in [1.29, 1.82) is 0 Å². The topological polar surface area (TPSA) is 12.0 Å². The van der Waals surface area contributed by atoms with Crippen LogP contribution in [0.1, 0.15) is 25.7 Å². The number of hydrogen-bond acceptors (Lipinski definition) is 2. The number of hydrogen-bond donors (Lipinski definition) is 1. The number of rotatable bonds is 0. The average molecular weight is 254 g/mol.